The van der Waals surface area contributed by atoms with E-state index in [4.69, 9.17) is 32.7 Å². The Balaban J connectivity index is 1.13. The molecule has 5 nitrogen and oxygen atoms in total. The number of hydrogen-bond donors (Lipinski definition) is 0. The van der Waals surface area contributed by atoms with Crippen molar-refractivity contribution in [2.75, 3.05) is 13.1 Å². The second-order valence-corrected chi connectivity index (χ2v) is 12.5. The summed E-state index contributed by atoms with van der Waals surface area (Å²) in [5.41, 5.74) is 3.04. The summed E-state index contributed by atoms with van der Waals surface area (Å²) in [6.07, 6.45) is 3.77. The fourth-order valence-corrected chi connectivity index (χ4v) is 7.13. The van der Waals surface area contributed by atoms with Crippen LogP contribution in [0.1, 0.15) is 33.5 Å². The predicted octanol–water partition coefficient (Wildman–Crippen LogP) is 8.84. The Hall–Kier alpha value is -2.75. The van der Waals surface area contributed by atoms with Crippen molar-refractivity contribution in [2.24, 2.45) is 0 Å². The van der Waals surface area contributed by atoms with Crippen LogP contribution in [0.15, 0.2) is 69.2 Å². The zero-order chi connectivity index (χ0) is 26.1. The predicted molar refractivity (Wildman–Crippen MR) is 158 cm³/mol. The van der Waals surface area contributed by atoms with Crippen LogP contribution in [0.5, 0.6) is 0 Å². The summed E-state index contributed by atoms with van der Waals surface area (Å²) in [6, 6.07) is 15.3. The molecule has 0 radical (unpaired) electrons. The molecular formula is C28H21Cl2N3O2S3. The smallest absolute Gasteiger partial charge is 0.255 e. The molecular weight excluding hydrogens is 577 g/mol. The zero-order valence-electron chi connectivity index (χ0n) is 20.0. The molecule has 1 aliphatic heterocycles. The number of hydrogen-bond acceptors (Lipinski definition) is 7. The molecule has 10 heteroatoms. The number of carbonyl (C=O) groups excluding carboxylic acids is 1. The summed E-state index contributed by atoms with van der Waals surface area (Å²) in [6.45, 7) is 1.41. The summed E-state index contributed by atoms with van der Waals surface area (Å²) in [5.74, 6) is 1.01. The molecule has 0 N–H and O–H groups in total. The Bertz CT molecular complexity index is 1580. The fourth-order valence-electron chi connectivity index (χ4n) is 4.46. The van der Waals surface area contributed by atoms with Gasteiger partial charge in [0.2, 0.25) is 0 Å². The first-order valence-corrected chi connectivity index (χ1v) is 15.4. The lowest BCUT2D eigenvalue weighted by Crippen LogP contribution is -2.38. The average molecular weight is 599 g/mol. The average Bonchev–Trinajstić information content (AvgIpc) is 3.76. The van der Waals surface area contributed by atoms with E-state index in [0.29, 0.717) is 40.5 Å². The van der Waals surface area contributed by atoms with E-state index in [0.717, 1.165) is 44.4 Å². The van der Waals surface area contributed by atoms with Gasteiger partial charge in [0.25, 0.3) is 5.91 Å². The van der Waals surface area contributed by atoms with Crippen molar-refractivity contribution in [3.63, 3.8) is 0 Å². The maximum absolute atomic E-state index is 13.5. The van der Waals surface area contributed by atoms with Crippen molar-refractivity contribution in [1.82, 2.24) is 15.0 Å². The molecule has 192 valence electrons. The number of likely N-dealkylation sites (tertiary alicyclic amines) is 1. The van der Waals surface area contributed by atoms with Crippen LogP contribution in [0, 0.1) is 0 Å². The molecule has 0 bridgehead atoms. The van der Waals surface area contributed by atoms with Gasteiger partial charge in [0.1, 0.15) is 11.4 Å². The normalized spacial score (nSPS) is 14.8. The van der Waals surface area contributed by atoms with E-state index in [9.17, 15) is 4.79 Å². The van der Waals surface area contributed by atoms with Gasteiger partial charge in [0.05, 0.1) is 20.6 Å². The standard InChI is InChI=1S/C28H21Cl2N3O2S3/c29-21-6-5-18(13-22(21)30)23-15-25(35-32-23)24-16-38-27(31-24)17-7-9-33(10-8-17)28(34)20(26-4-2-12-37-26)14-19-3-1-11-36-19/h1-6,11-17H,7-10H2/b20-14+. The van der Waals surface area contributed by atoms with E-state index in [1.165, 1.54) is 0 Å². The molecule has 0 aliphatic carbocycles. The van der Waals surface area contributed by atoms with Crippen LogP contribution in [0.25, 0.3) is 34.4 Å². The van der Waals surface area contributed by atoms with E-state index in [1.54, 1.807) is 46.1 Å². The maximum atomic E-state index is 13.5. The number of aromatic nitrogens is 2. The van der Waals surface area contributed by atoms with Crippen molar-refractivity contribution in [3.05, 3.63) is 89.5 Å². The van der Waals surface area contributed by atoms with E-state index < -0.39 is 0 Å². The number of rotatable bonds is 6. The van der Waals surface area contributed by atoms with Gasteiger partial charge in [-0.2, -0.15) is 0 Å². The summed E-state index contributed by atoms with van der Waals surface area (Å²) < 4.78 is 5.59. The third-order valence-electron chi connectivity index (χ3n) is 6.48. The lowest BCUT2D eigenvalue weighted by molar-refractivity contribution is -0.125. The molecule has 1 aromatic carbocycles. The van der Waals surface area contributed by atoms with Crippen molar-refractivity contribution in [3.8, 4) is 22.7 Å². The number of halogens is 2. The Morgan fingerprint density at radius 3 is 2.53 bits per heavy atom. The van der Waals surface area contributed by atoms with Crippen molar-refractivity contribution in [1.29, 1.82) is 0 Å². The Morgan fingerprint density at radius 2 is 1.79 bits per heavy atom. The highest BCUT2D eigenvalue weighted by Gasteiger charge is 2.28. The third kappa shape index (κ3) is 5.37. The third-order valence-corrected chi connectivity index (χ3v) is 9.95. The number of amides is 1. The van der Waals surface area contributed by atoms with Crippen LogP contribution in [0.2, 0.25) is 10.0 Å². The van der Waals surface area contributed by atoms with Crippen LogP contribution < -0.4 is 0 Å². The Kier molecular flexibility index (Phi) is 7.50. The van der Waals surface area contributed by atoms with E-state index in [1.807, 2.05) is 63.5 Å². The number of benzene rings is 1. The first-order valence-electron chi connectivity index (χ1n) is 12.0. The van der Waals surface area contributed by atoms with Gasteiger partial charge in [-0.3, -0.25) is 4.79 Å². The molecule has 1 saturated heterocycles. The molecule has 5 heterocycles. The minimum atomic E-state index is 0.0932. The van der Waals surface area contributed by atoms with E-state index >= 15 is 0 Å². The second kappa shape index (κ2) is 11.2. The molecule has 1 fully saturated rings. The molecule has 6 rings (SSSR count). The SMILES string of the molecule is O=C(/C(=C/c1cccs1)c1cccs1)N1CCC(c2nc(-c3cc(-c4ccc(Cl)c(Cl)c4)no3)cs2)CC1. The lowest BCUT2D eigenvalue weighted by Gasteiger charge is -2.31. The monoisotopic (exact) mass is 597 g/mol. The second-order valence-electron chi connectivity index (χ2n) is 8.89. The highest BCUT2D eigenvalue weighted by Crippen LogP contribution is 2.36. The highest BCUT2D eigenvalue weighted by atomic mass is 35.5. The fraction of sp³-hybridized carbons (Fsp3) is 0.179. The minimum absolute atomic E-state index is 0.0932. The van der Waals surface area contributed by atoms with Crippen molar-refractivity contribution in [2.45, 2.75) is 18.8 Å². The number of piperidine rings is 1. The largest absolute Gasteiger partial charge is 0.354 e. The summed E-state index contributed by atoms with van der Waals surface area (Å²) in [7, 11) is 0. The lowest BCUT2D eigenvalue weighted by atomic mass is 9.96. The Morgan fingerprint density at radius 1 is 0.974 bits per heavy atom. The molecule has 38 heavy (non-hydrogen) atoms. The minimum Gasteiger partial charge on any atom is -0.354 e. The highest BCUT2D eigenvalue weighted by molar-refractivity contribution is 7.12. The maximum Gasteiger partial charge on any atom is 0.255 e. The molecule has 1 aliphatic rings. The van der Waals surface area contributed by atoms with Crippen molar-refractivity contribution >= 4 is 74.8 Å². The molecule has 4 aromatic heterocycles. The van der Waals surface area contributed by atoms with E-state index in [-0.39, 0.29) is 5.91 Å². The topological polar surface area (TPSA) is 59.2 Å². The van der Waals surface area contributed by atoms with Crippen LogP contribution in [-0.4, -0.2) is 34.0 Å². The zero-order valence-corrected chi connectivity index (χ0v) is 23.9. The van der Waals surface area contributed by atoms with Crippen LogP contribution in [-0.2, 0) is 4.79 Å². The number of thiophene rings is 2. The van der Waals surface area contributed by atoms with Gasteiger partial charge < -0.3 is 9.42 Å². The molecule has 0 saturated carbocycles. The van der Waals surface area contributed by atoms with Crippen LogP contribution >= 0.6 is 57.2 Å². The van der Waals surface area contributed by atoms with Crippen LogP contribution in [0.4, 0.5) is 0 Å². The van der Waals surface area contributed by atoms with Crippen molar-refractivity contribution < 1.29 is 9.32 Å². The number of thiazole rings is 1. The van der Waals surface area contributed by atoms with Gasteiger partial charge >= 0.3 is 0 Å². The quantitative estimate of drug-likeness (QED) is 0.183. The molecule has 1 amide bonds. The Labute approximate surface area is 242 Å². The number of carbonyl (C=O) groups is 1. The first-order chi connectivity index (χ1) is 18.5. The first kappa shape index (κ1) is 25.5. The van der Waals surface area contributed by atoms with Crippen LogP contribution in [0.3, 0.4) is 0 Å². The van der Waals surface area contributed by atoms with E-state index in [2.05, 4.69) is 5.16 Å². The molecule has 5 aromatic rings. The molecule has 0 unspecified atom stereocenters. The van der Waals surface area contributed by atoms with Gasteiger partial charge in [-0.1, -0.05) is 46.6 Å². The molecule has 0 spiro atoms. The summed E-state index contributed by atoms with van der Waals surface area (Å²) >= 11 is 17.1. The summed E-state index contributed by atoms with van der Waals surface area (Å²) in [4.78, 5) is 22.5. The summed E-state index contributed by atoms with van der Waals surface area (Å²) in [5, 5.41) is 12.3. The van der Waals surface area contributed by atoms with Gasteiger partial charge in [0.15, 0.2) is 5.76 Å². The number of nitrogens with zero attached hydrogens (tertiary/aromatic N) is 3. The van der Waals surface area contributed by atoms with Gasteiger partial charge in [-0.05, 0) is 53.9 Å². The van der Waals surface area contributed by atoms with Gasteiger partial charge in [0, 0.05) is 45.8 Å². The molecule has 0 atom stereocenters. The van der Waals surface area contributed by atoms with Gasteiger partial charge in [-0.25, -0.2) is 4.98 Å². The van der Waals surface area contributed by atoms with Gasteiger partial charge in [-0.15, -0.1) is 34.0 Å².